The fourth-order valence-corrected chi connectivity index (χ4v) is 18.6. The van der Waals surface area contributed by atoms with Crippen molar-refractivity contribution in [2.45, 2.75) is 326 Å². The zero-order chi connectivity index (χ0) is 66.9. The first-order valence-electron chi connectivity index (χ1n) is 31.8. The van der Waals surface area contributed by atoms with Crippen molar-refractivity contribution in [3.05, 3.63) is 11.8 Å². The van der Waals surface area contributed by atoms with Gasteiger partial charge in [-0.25, -0.2) is 25.3 Å². The molecule has 5 saturated carbocycles. The third-order valence-corrected chi connectivity index (χ3v) is 27.8. The fraction of sp³-hybridized carbons (Fsp3) is 0.873. The third-order valence-electron chi connectivity index (χ3n) is 16.5. The van der Waals surface area contributed by atoms with Crippen molar-refractivity contribution < 1.29 is 73.1 Å². The van der Waals surface area contributed by atoms with Crippen molar-refractivity contribution in [1.29, 1.82) is 0 Å². The molecule has 2 N–H and O–H groups in total. The van der Waals surface area contributed by atoms with Gasteiger partial charge in [0.25, 0.3) is 0 Å². The summed E-state index contributed by atoms with van der Waals surface area (Å²) >= 11 is 9.33. The molecule has 0 spiro atoms. The number of sulfone groups is 3. The number of aliphatic carboxylic acids is 1. The van der Waals surface area contributed by atoms with Gasteiger partial charge in [-0.3, -0.25) is 24.0 Å². The van der Waals surface area contributed by atoms with Crippen LogP contribution in [0.2, 0.25) is 0 Å². The summed E-state index contributed by atoms with van der Waals surface area (Å²) < 4.78 is 89.2. The van der Waals surface area contributed by atoms with E-state index in [2.05, 4.69) is 39.0 Å². The Bertz CT molecular complexity index is 2590. The Morgan fingerprint density at radius 2 is 0.874 bits per heavy atom. The number of carbonyl (C=O) groups excluding carboxylic acids is 4. The number of alkyl halides is 1. The molecule has 1 aromatic rings. The topological polar surface area (TPSA) is 274 Å². The second-order valence-corrected chi connectivity index (χ2v) is 39.8. The summed E-state index contributed by atoms with van der Waals surface area (Å²) in [4.78, 5) is 57.8. The van der Waals surface area contributed by atoms with Gasteiger partial charge in [0.1, 0.15) is 19.6 Å². The number of nitrogens with zero attached hydrogens (tertiary/aromatic N) is 1. The smallest absolute Gasteiger partial charge is 0.326 e. The van der Waals surface area contributed by atoms with Gasteiger partial charge in [0.05, 0.1) is 35.6 Å². The van der Waals surface area contributed by atoms with Gasteiger partial charge in [-0.2, -0.15) is 12.6 Å². The van der Waals surface area contributed by atoms with E-state index in [9.17, 15) is 49.2 Å². The highest BCUT2D eigenvalue weighted by Crippen LogP contribution is 2.39. The molecule has 24 heteroatoms. The molecule has 1 heterocycles. The van der Waals surface area contributed by atoms with Crippen molar-refractivity contribution in [2.24, 2.45) is 0 Å². The van der Waals surface area contributed by atoms with Gasteiger partial charge >= 0.3 is 23.9 Å². The van der Waals surface area contributed by atoms with E-state index in [0.29, 0.717) is 62.7 Å². The molecule has 0 aromatic carbocycles. The normalized spacial score (nSPS) is 18.5. The number of carboxylic acid groups (broad SMARTS) is 1. The van der Waals surface area contributed by atoms with Crippen molar-refractivity contribution in [1.82, 2.24) is 5.16 Å². The molecule has 6 rings (SSSR count). The lowest BCUT2D eigenvalue weighted by Gasteiger charge is -2.30. The summed E-state index contributed by atoms with van der Waals surface area (Å²) in [5, 5.41) is 15.5. The summed E-state index contributed by atoms with van der Waals surface area (Å²) in [5.41, 5.74) is -0.236. The second kappa shape index (κ2) is 37.3. The number of rotatable bonds is 17. The average molecular weight is 1390 g/mol. The molecule has 0 bridgehead atoms. The number of amides is 1. The highest BCUT2D eigenvalue weighted by atomic mass is 79.9. The van der Waals surface area contributed by atoms with Crippen LogP contribution < -0.4 is 5.32 Å². The van der Waals surface area contributed by atoms with Crippen LogP contribution in [0, 0.1) is 0 Å². The quantitative estimate of drug-likeness (QED) is 0.0566. The lowest BCUT2D eigenvalue weighted by atomic mass is 9.93. The van der Waals surface area contributed by atoms with Crippen LogP contribution in [-0.2, 0) is 73.1 Å². The van der Waals surface area contributed by atoms with Crippen LogP contribution in [0.4, 0.5) is 5.82 Å². The number of halogens is 1. The van der Waals surface area contributed by atoms with Gasteiger partial charge in [0.15, 0.2) is 44.8 Å². The van der Waals surface area contributed by atoms with E-state index < -0.39 is 76.4 Å². The molecule has 5 aliphatic rings. The Morgan fingerprint density at radius 3 is 1.18 bits per heavy atom. The van der Waals surface area contributed by atoms with Crippen LogP contribution in [0.25, 0.3) is 0 Å². The molecular formula is C63H113BrN2O16S5. The van der Waals surface area contributed by atoms with Gasteiger partial charge < -0.3 is 29.2 Å². The first-order valence-corrected chi connectivity index (χ1v) is 38.6. The van der Waals surface area contributed by atoms with Crippen LogP contribution in [0.5, 0.6) is 0 Å². The van der Waals surface area contributed by atoms with E-state index in [4.69, 9.17) is 23.8 Å². The van der Waals surface area contributed by atoms with Crippen molar-refractivity contribution >= 4 is 105 Å². The Kier molecular flexibility index (Phi) is 35.4. The van der Waals surface area contributed by atoms with E-state index in [-0.39, 0.29) is 39.8 Å². The molecule has 5 aliphatic carbocycles. The molecular weight excluding hydrogens is 1280 g/mol. The van der Waals surface area contributed by atoms with E-state index in [1.54, 1.807) is 45.5 Å². The maximum Gasteiger partial charge on any atom is 0.326 e. The predicted molar refractivity (Wildman–Crippen MR) is 358 cm³/mol. The number of hydrogen-bond acceptors (Lipinski definition) is 18. The third kappa shape index (κ3) is 26.3. The molecule has 1 amide bonds. The molecule has 0 aliphatic heterocycles. The minimum Gasteiger partial charge on any atom is -0.480 e. The number of esters is 3. The predicted octanol–water partition coefficient (Wildman–Crippen LogP) is 14.5. The minimum absolute atomic E-state index is 0.0689. The zero-order valence-electron chi connectivity index (χ0n) is 55.7. The average Bonchev–Trinajstić information content (AvgIpc) is 1.65. The first-order chi connectivity index (χ1) is 40.0. The number of carboxylic acids is 1. The standard InChI is InChI=1S/C17H28N2O4S.C12H22O4S.C12H22O2S.C10H18O4S.C6H11BrO2.C6H12S/c1-16(2,3)13-11-14(19-23-13)18-15(20)17(4,5)24(21,22)12-9-7-6-8-10-12;1-4-16-11(13)12(2,3)17(14,15)10-8-6-5-7-9-10;1-4-14-11(13)12(2,3)15-10-8-6-5-7-9-10;1-10(2,9(11)12)15(13,14)8-6-4-3-5-7-8;1-4-9-5(8)6(2,3)7;7-6-4-2-1-3-5-6/h11-12H,6-10H2,1-5H3,(H,18,19,20);10H,4-9H2,1-3H3;10H,4-9H2,1-3H3;8H,3-7H2,1-2H3,(H,11,12);4H2,1-3H3;6-7H,1-5H2. The monoisotopic (exact) mass is 1390 g/mol. The van der Waals surface area contributed by atoms with Gasteiger partial charge in [-0.05, 0) is 154 Å². The minimum atomic E-state index is -3.57. The van der Waals surface area contributed by atoms with Gasteiger partial charge in [0, 0.05) is 22.0 Å². The highest BCUT2D eigenvalue weighted by molar-refractivity contribution is 9.10. The molecule has 18 nitrogen and oxygen atoms in total. The van der Waals surface area contributed by atoms with E-state index in [1.807, 2.05) is 41.5 Å². The molecule has 0 unspecified atom stereocenters. The second-order valence-electron chi connectivity index (χ2n) is 26.8. The Balaban J connectivity index is 0.000000542. The van der Waals surface area contributed by atoms with E-state index in [1.165, 1.54) is 106 Å². The van der Waals surface area contributed by atoms with Gasteiger partial charge in [-0.1, -0.05) is 138 Å². The highest BCUT2D eigenvalue weighted by Gasteiger charge is 2.49. The Labute approximate surface area is 543 Å². The number of thiol groups is 1. The van der Waals surface area contributed by atoms with Crippen LogP contribution >= 0.6 is 40.3 Å². The molecule has 1 aromatic heterocycles. The van der Waals surface area contributed by atoms with Crippen LogP contribution in [0.3, 0.4) is 0 Å². The largest absolute Gasteiger partial charge is 0.480 e. The molecule has 508 valence electrons. The lowest BCUT2D eigenvalue weighted by Crippen LogP contribution is -2.49. The molecule has 0 atom stereocenters. The summed E-state index contributed by atoms with van der Waals surface area (Å²) in [7, 11) is -10.6. The SMILES string of the molecule is CC(C)(C(=O)O)S(=O)(=O)C1CCCCC1.CC(C)(C)c1cc(NC(=O)C(C)(C)S(=O)(=O)C2CCCCC2)no1.CCOC(=O)C(C)(C)Br.CCOC(=O)C(C)(C)S(=O)(=O)C1CCCCC1.CCOC(=O)C(C)(C)SC1CCCCC1.SC1CCCCC1. The summed E-state index contributed by atoms with van der Waals surface area (Å²) in [5.74, 6) is -1.87. The molecule has 0 radical (unpaired) electrons. The van der Waals surface area contributed by atoms with Crippen molar-refractivity contribution in [3.63, 3.8) is 0 Å². The van der Waals surface area contributed by atoms with Gasteiger partial charge in [0.2, 0.25) is 5.91 Å². The molecule has 87 heavy (non-hydrogen) atoms. The van der Waals surface area contributed by atoms with E-state index >= 15 is 0 Å². The van der Waals surface area contributed by atoms with E-state index in [0.717, 1.165) is 63.0 Å². The molecule has 0 saturated heterocycles. The molecule has 5 fully saturated rings. The number of thioether (sulfide) groups is 1. The number of ether oxygens (including phenoxy) is 3. The van der Waals surface area contributed by atoms with Crippen LogP contribution in [-0.4, -0.2) is 135 Å². The number of nitrogens with one attached hydrogen (secondary N) is 1. The number of aromatic nitrogens is 1. The van der Waals surface area contributed by atoms with Gasteiger partial charge in [-0.15, -0.1) is 11.8 Å². The van der Waals surface area contributed by atoms with Crippen molar-refractivity contribution in [2.75, 3.05) is 25.1 Å². The number of anilines is 1. The lowest BCUT2D eigenvalue weighted by molar-refractivity contribution is -0.146. The summed E-state index contributed by atoms with van der Waals surface area (Å²) in [6.07, 6.45) is 26.0. The first kappa shape index (κ1) is 82.6. The zero-order valence-corrected chi connectivity index (χ0v) is 61.5. The number of hydrogen-bond donors (Lipinski definition) is 3. The summed E-state index contributed by atoms with van der Waals surface area (Å²) in [6.45, 7) is 28.2. The fourth-order valence-electron chi connectivity index (χ4n) is 10.3. The van der Waals surface area contributed by atoms with Crippen LogP contribution in [0.1, 0.15) is 277 Å². The summed E-state index contributed by atoms with van der Waals surface area (Å²) in [6, 6.07) is 1.64. The maximum atomic E-state index is 12.9. The van der Waals surface area contributed by atoms with Crippen LogP contribution in [0.15, 0.2) is 10.6 Å². The van der Waals surface area contributed by atoms with Crippen molar-refractivity contribution in [3.8, 4) is 0 Å². The Morgan fingerprint density at radius 1 is 0.540 bits per heavy atom. The Hall–Kier alpha value is -2.41. The maximum absolute atomic E-state index is 12.9. The number of carbonyl (C=O) groups is 5.